The molecule has 7 heteroatoms. The van der Waals surface area contributed by atoms with E-state index in [-0.39, 0.29) is 0 Å². The first-order valence-electron chi connectivity index (χ1n) is 9.32. The number of halogens is 4. The molecule has 0 N–H and O–H groups in total. The van der Waals surface area contributed by atoms with Gasteiger partial charge in [0.2, 0.25) is 0 Å². The number of hydrogen-bond acceptors (Lipinski definition) is 0. The fraction of sp³-hybridized carbons (Fsp3) is 0.0833. The summed E-state index contributed by atoms with van der Waals surface area (Å²) in [7, 11) is 17.4. The van der Waals surface area contributed by atoms with Crippen LogP contribution in [0.15, 0.2) is 122 Å². The largest absolute Gasteiger partial charge is 0.201 e. The molecule has 0 aliphatic heterocycles. The number of hydrogen-bond donors (Lipinski definition) is 0. The van der Waals surface area contributed by atoms with Crippen LogP contribution >= 0.6 is 40.4 Å². The minimum Gasteiger partial charge on any atom is -0.201 e. The number of aromatic nitrogens is 2. The smallest absolute Gasteiger partial charge is 0.173 e. The molecule has 0 fully saturated rings. The summed E-state index contributed by atoms with van der Waals surface area (Å²) in [4.78, 5) is 0. The second-order valence-corrected chi connectivity index (χ2v) is 15.7. The molecule has 169 valence electrons. The quantitative estimate of drug-likeness (QED) is 0.197. The Morgan fingerprint density at radius 1 is 0.452 bits per heavy atom. The summed E-state index contributed by atoms with van der Waals surface area (Å²) >= 11 is 0. The van der Waals surface area contributed by atoms with Crippen LogP contribution in [0.25, 0.3) is 0 Å². The van der Waals surface area contributed by atoms with Crippen molar-refractivity contribution in [2.24, 2.45) is 0 Å². The van der Waals surface area contributed by atoms with Crippen LogP contribution in [-0.4, -0.2) is 0 Å². The third-order valence-electron chi connectivity index (χ3n) is 3.97. The molecule has 0 saturated carbocycles. The van der Waals surface area contributed by atoms with Gasteiger partial charge in [0.05, 0.1) is 0 Å². The van der Waals surface area contributed by atoms with Gasteiger partial charge in [-0.1, -0.05) is 72.8 Å². The van der Waals surface area contributed by atoms with Gasteiger partial charge in [0.25, 0.3) is 0 Å². The maximum Gasteiger partial charge on any atom is 0.173 e. The molecule has 4 rings (SSSR count). The van der Waals surface area contributed by atoms with Gasteiger partial charge in [0.15, 0.2) is 37.9 Å². The molecule has 0 unspecified atom stereocenters. The molecule has 0 saturated heterocycles. The van der Waals surface area contributed by atoms with Gasteiger partial charge in [0, 0.05) is 35.4 Å². The van der Waals surface area contributed by atoms with E-state index in [2.05, 4.69) is 82.5 Å². The second-order valence-electron chi connectivity index (χ2n) is 6.33. The fourth-order valence-electron chi connectivity index (χ4n) is 2.67. The first kappa shape index (κ1) is 25.7. The molecular formula is C24H24Cl4CuN2. The van der Waals surface area contributed by atoms with Crippen molar-refractivity contribution >= 4 is 40.4 Å². The van der Waals surface area contributed by atoms with Gasteiger partial charge in [-0.2, -0.15) is 0 Å². The Balaban J connectivity index is 0.000000182. The average Bonchev–Trinajstić information content (AvgIpc) is 2.76. The van der Waals surface area contributed by atoms with Crippen molar-refractivity contribution in [1.82, 2.24) is 0 Å². The SMILES string of the molecule is [Cl][Cu-2]([Cl])([Cl])[Cl].c1ccc(C[n+]2ccccc2)cc1.c1ccc(C[n+]2ccccc2)cc1. The number of nitrogens with zero attached hydrogens (tertiary/aromatic N) is 2. The van der Waals surface area contributed by atoms with E-state index in [0.29, 0.717) is 0 Å². The molecule has 2 nitrogen and oxygen atoms in total. The van der Waals surface area contributed by atoms with Crippen molar-refractivity contribution in [2.45, 2.75) is 13.1 Å². The normalized spacial score (nSPS) is 10.7. The van der Waals surface area contributed by atoms with Crippen LogP contribution in [0.5, 0.6) is 0 Å². The van der Waals surface area contributed by atoms with Crippen molar-refractivity contribution in [3.05, 3.63) is 133 Å². The van der Waals surface area contributed by atoms with E-state index in [1.54, 1.807) is 0 Å². The topological polar surface area (TPSA) is 7.76 Å². The first-order valence-corrected chi connectivity index (χ1v) is 14.5. The molecule has 2 aromatic heterocycles. The molecule has 0 amide bonds. The molecule has 31 heavy (non-hydrogen) atoms. The zero-order chi connectivity index (χ0) is 22.4. The second kappa shape index (κ2) is 14.5. The molecule has 0 radical (unpaired) electrons. The monoisotopic (exact) mass is 543 g/mol. The summed E-state index contributed by atoms with van der Waals surface area (Å²) in [6.45, 7) is 1.89. The van der Waals surface area contributed by atoms with Crippen molar-refractivity contribution in [2.75, 3.05) is 0 Å². The van der Waals surface area contributed by atoms with Gasteiger partial charge in [-0.05, 0) is 0 Å². The average molecular weight is 546 g/mol. The van der Waals surface area contributed by atoms with Crippen LogP contribution in [0.3, 0.4) is 0 Å². The molecule has 0 aliphatic rings. The third-order valence-corrected chi connectivity index (χ3v) is 3.97. The number of pyridine rings is 2. The van der Waals surface area contributed by atoms with Gasteiger partial charge < -0.3 is 0 Å². The van der Waals surface area contributed by atoms with Crippen molar-refractivity contribution in [3.8, 4) is 0 Å². The summed E-state index contributed by atoms with van der Waals surface area (Å²) in [5.74, 6) is 0. The van der Waals surface area contributed by atoms with Gasteiger partial charge >= 0.3 is 49.6 Å². The maximum atomic E-state index is 4.90. The van der Waals surface area contributed by atoms with Crippen LogP contribution in [0.2, 0.25) is 0 Å². The van der Waals surface area contributed by atoms with Crippen LogP contribution in [-0.2, 0) is 22.3 Å². The summed E-state index contributed by atoms with van der Waals surface area (Å²) < 4.78 is 4.32. The zero-order valence-electron chi connectivity index (χ0n) is 16.7. The van der Waals surface area contributed by atoms with E-state index in [1.165, 1.54) is 11.1 Å². The Morgan fingerprint density at radius 2 is 0.710 bits per heavy atom. The summed E-state index contributed by atoms with van der Waals surface area (Å²) in [6.07, 6.45) is 8.31. The Kier molecular flexibility index (Phi) is 12.0. The summed E-state index contributed by atoms with van der Waals surface area (Å²) in [6, 6.07) is 33.1. The van der Waals surface area contributed by atoms with Crippen LogP contribution in [0.1, 0.15) is 11.1 Å². The van der Waals surface area contributed by atoms with Gasteiger partial charge in [0.1, 0.15) is 0 Å². The third kappa shape index (κ3) is 13.4. The van der Waals surface area contributed by atoms with E-state index >= 15 is 0 Å². The Bertz CT molecular complexity index is 810. The maximum absolute atomic E-state index is 4.90. The Hall–Kier alpha value is -1.58. The Morgan fingerprint density at radius 3 is 1.00 bits per heavy atom. The van der Waals surface area contributed by atoms with Crippen LogP contribution in [0.4, 0.5) is 0 Å². The van der Waals surface area contributed by atoms with Crippen molar-refractivity contribution in [1.29, 1.82) is 0 Å². The minimum absolute atomic E-state index is 0.946. The van der Waals surface area contributed by atoms with E-state index < -0.39 is 9.20 Å². The van der Waals surface area contributed by atoms with Crippen LogP contribution < -0.4 is 9.13 Å². The van der Waals surface area contributed by atoms with E-state index in [0.717, 1.165) is 13.1 Å². The van der Waals surface area contributed by atoms with Crippen molar-refractivity contribution < 1.29 is 18.3 Å². The molecular weight excluding hydrogens is 522 g/mol. The molecule has 2 heterocycles. The Labute approximate surface area is 203 Å². The van der Waals surface area contributed by atoms with E-state index in [1.807, 2.05) is 48.5 Å². The van der Waals surface area contributed by atoms with Crippen LogP contribution in [0, 0.1) is 0 Å². The predicted molar refractivity (Wildman–Crippen MR) is 128 cm³/mol. The van der Waals surface area contributed by atoms with Crippen molar-refractivity contribution in [3.63, 3.8) is 0 Å². The van der Waals surface area contributed by atoms with Gasteiger partial charge in [-0.15, -0.1) is 0 Å². The molecule has 0 spiro atoms. The molecule has 0 atom stereocenters. The standard InChI is InChI=1S/2C12H12N.4ClH.Cu/c2*1-3-7-12(8-4-1)11-13-9-5-2-6-10-13;;;;;/h2*1-10H,11H2;4*1H;/q2*+1;;;;;+2/p-4. The summed E-state index contributed by atoms with van der Waals surface area (Å²) in [5.41, 5.74) is 2.66. The molecule has 4 aromatic rings. The summed E-state index contributed by atoms with van der Waals surface area (Å²) in [5, 5.41) is 0. The fourth-order valence-corrected chi connectivity index (χ4v) is 2.67. The molecule has 2 aromatic carbocycles. The number of benzene rings is 2. The molecule has 0 bridgehead atoms. The van der Waals surface area contributed by atoms with Gasteiger partial charge in [-0.25, -0.2) is 9.13 Å². The van der Waals surface area contributed by atoms with E-state index in [9.17, 15) is 0 Å². The van der Waals surface area contributed by atoms with Gasteiger partial charge in [-0.3, -0.25) is 0 Å². The zero-order valence-corrected chi connectivity index (χ0v) is 20.6. The minimum atomic E-state index is -2.24. The number of rotatable bonds is 4. The molecule has 0 aliphatic carbocycles. The first-order chi connectivity index (χ1) is 14.9. The van der Waals surface area contributed by atoms with E-state index in [4.69, 9.17) is 40.4 Å². The predicted octanol–water partition coefficient (Wildman–Crippen LogP) is 6.80.